The fraction of sp³-hybridized carbons (Fsp3) is 0.261. The van der Waals surface area contributed by atoms with Gasteiger partial charge in [-0.15, -0.1) is 22.7 Å². The Morgan fingerprint density at radius 3 is 2.63 bits per heavy atom. The molecule has 0 saturated carbocycles. The average molecular weight is 436 g/mol. The Labute approximate surface area is 183 Å². The van der Waals surface area contributed by atoms with Crippen LogP contribution in [0.1, 0.15) is 39.8 Å². The minimum absolute atomic E-state index is 0.0869. The van der Waals surface area contributed by atoms with Crippen LogP contribution in [0.4, 0.5) is 0 Å². The highest BCUT2D eigenvalue weighted by Gasteiger charge is 2.26. The van der Waals surface area contributed by atoms with E-state index in [1.807, 2.05) is 40.6 Å². The number of carbonyl (C=O) groups excluding carboxylic acids is 1. The third-order valence-electron chi connectivity index (χ3n) is 5.41. The van der Waals surface area contributed by atoms with Crippen LogP contribution in [0, 0.1) is 0 Å². The van der Waals surface area contributed by atoms with Crippen molar-refractivity contribution in [1.29, 1.82) is 0 Å². The van der Waals surface area contributed by atoms with E-state index in [0.29, 0.717) is 18.1 Å². The predicted octanol–water partition coefficient (Wildman–Crippen LogP) is 5.35. The Balaban J connectivity index is 1.18. The van der Waals surface area contributed by atoms with E-state index in [9.17, 15) is 4.79 Å². The molecule has 0 spiro atoms. The van der Waals surface area contributed by atoms with E-state index in [0.717, 1.165) is 42.9 Å². The number of hydrogen-bond acceptors (Lipinski definition) is 6. The first-order valence-corrected chi connectivity index (χ1v) is 11.8. The summed E-state index contributed by atoms with van der Waals surface area (Å²) < 4.78 is 6.97. The lowest BCUT2D eigenvalue weighted by Crippen LogP contribution is -2.37. The number of nitrogens with zero attached hydrogens (tertiary/aromatic N) is 3. The van der Waals surface area contributed by atoms with Gasteiger partial charge in [0.05, 0.1) is 26.4 Å². The third-order valence-corrected chi connectivity index (χ3v) is 7.25. The van der Waals surface area contributed by atoms with Crippen molar-refractivity contribution in [2.24, 2.45) is 0 Å². The van der Waals surface area contributed by atoms with Crippen LogP contribution in [-0.4, -0.2) is 33.9 Å². The summed E-state index contributed by atoms with van der Waals surface area (Å²) in [6.45, 7) is 1.97. The van der Waals surface area contributed by atoms with Gasteiger partial charge in [0.25, 0.3) is 5.91 Å². The molecule has 2 aromatic heterocycles. The fourth-order valence-corrected chi connectivity index (χ4v) is 5.42. The number of benzene rings is 2. The number of likely N-dealkylation sites (tertiary alicyclic amines) is 1. The Kier molecular flexibility index (Phi) is 5.46. The smallest absolute Gasteiger partial charge is 0.253 e. The van der Waals surface area contributed by atoms with Gasteiger partial charge in [0.2, 0.25) is 0 Å². The molecule has 0 radical (unpaired) electrons. The predicted molar refractivity (Wildman–Crippen MR) is 120 cm³/mol. The van der Waals surface area contributed by atoms with Crippen molar-refractivity contribution >= 4 is 38.8 Å². The van der Waals surface area contributed by atoms with E-state index in [2.05, 4.69) is 23.2 Å². The SMILES string of the molecule is O=C(c1ccc(OCc2cscn2)cc1)N1CCC(c2nc3ccccc3s2)CC1. The highest BCUT2D eigenvalue weighted by Crippen LogP contribution is 2.34. The molecule has 0 bridgehead atoms. The highest BCUT2D eigenvalue weighted by atomic mass is 32.1. The zero-order valence-corrected chi connectivity index (χ0v) is 18.0. The lowest BCUT2D eigenvalue weighted by Gasteiger charge is -2.31. The summed E-state index contributed by atoms with van der Waals surface area (Å²) in [5, 5.41) is 3.17. The van der Waals surface area contributed by atoms with Crippen LogP contribution in [0.25, 0.3) is 10.2 Å². The fourth-order valence-electron chi connectivity index (χ4n) is 3.74. The number of fused-ring (bicyclic) bond motifs is 1. The number of ether oxygens (including phenoxy) is 1. The third kappa shape index (κ3) is 4.08. The summed E-state index contributed by atoms with van der Waals surface area (Å²) in [4.78, 5) is 23.9. The second-order valence-corrected chi connectivity index (χ2v) is 9.16. The number of rotatable bonds is 5. The number of amides is 1. The summed E-state index contributed by atoms with van der Waals surface area (Å²) in [5.74, 6) is 1.27. The molecule has 0 atom stereocenters. The summed E-state index contributed by atoms with van der Waals surface area (Å²) in [6, 6.07) is 15.7. The van der Waals surface area contributed by atoms with E-state index in [1.54, 1.807) is 28.2 Å². The molecule has 30 heavy (non-hydrogen) atoms. The molecule has 1 saturated heterocycles. The van der Waals surface area contributed by atoms with E-state index >= 15 is 0 Å². The normalized spacial score (nSPS) is 14.9. The standard InChI is InChI=1S/C23H21N3O2S2/c27-23(17-5-7-19(8-6-17)28-13-18-14-29-15-24-18)26-11-9-16(10-12-26)22-25-20-3-1-2-4-21(20)30-22/h1-8,14-16H,9-13H2. The van der Waals surface area contributed by atoms with E-state index in [4.69, 9.17) is 9.72 Å². The van der Waals surface area contributed by atoms with Crippen molar-refractivity contribution < 1.29 is 9.53 Å². The number of piperidine rings is 1. The van der Waals surface area contributed by atoms with Crippen molar-refractivity contribution in [3.8, 4) is 5.75 Å². The van der Waals surface area contributed by atoms with Crippen LogP contribution in [0.3, 0.4) is 0 Å². The molecule has 0 aliphatic carbocycles. The van der Waals surface area contributed by atoms with Crippen molar-refractivity contribution in [3.05, 3.63) is 75.7 Å². The lowest BCUT2D eigenvalue weighted by molar-refractivity contribution is 0.0713. The van der Waals surface area contributed by atoms with Crippen molar-refractivity contribution in [2.75, 3.05) is 13.1 Å². The molecule has 7 heteroatoms. The van der Waals surface area contributed by atoms with E-state index in [-0.39, 0.29) is 5.91 Å². The van der Waals surface area contributed by atoms with Crippen LogP contribution in [0.15, 0.2) is 59.4 Å². The highest BCUT2D eigenvalue weighted by molar-refractivity contribution is 7.18. The first-order chi connectivity index (χ1) is 14.8. The first kappa shape index (κ1) is 19.2. The number of hydrogen-bond donors (Lipinski definition) is 0. The molecule has 3 heterocycles. The maximum Gasteiger partial charge on any atom is 0.253 e. The Hall–Kier alpha value is -2.77. The average Bonchev–Trinajstić information content (AvgIpc) is 3.47. The number of carbonyl (C=O) groups is 1. The monoisotopic (exact) mass is 435 g/mol. The number of para-hydroxylation sites is 1. The van der Waals surface area contributed by atoms with Gasteiger partial charge in [-0.2, -0.15) is 0 Å². The van der Waals surface area contributed by atoms with Gasteiger partial charge in [-0.05, 0) is 49.2 Å². The summed E-state index contributed by atoms with van der Waals surface area (Å²) in [5.41, 5.74) is 4.49. The molecule has 5 rings (SSSR count). The maximum atomic E-state index is 12.9. The lowest BCUT2D eigenvalue weighted by atomic mass is 9.97. The summed E-state index contributed by atoms with van der Waals surface area (Å²) in [7, 11) is 0. The van der Waals surface area contributed by atoms with Crippen LogP contribution >= 0.6 is 22.7 Å². The molecule has 1 aliphatic rings. The van der Waals surface area contributed by atoms with E-state index < -0.39 is 0 Å². The van der Waals surface area contributed by atoms with Gasteiger partial charge in [-0.3, -0.25) is 4.79 Å². The number of aromatic nitrogens is 2. The Bertz CT molecular complexity index is 1100. The quantitative estimate of drug-likeness (QED) is 0.424. The Morgan fingerprint density at radius 1 is 1.10 bits per heavy atom. The maximum absolute atomic E-state index is 12.9. The second-order valence-electron chi connectivity index (χ2n) is 7.38. The molecular formula is C23H21N3O2S2. The number of thiazole rings is 2. The largest absolute Gasteiger partial charge is 0.487 e. The summed E-state index contributed by atoms with van der Waals surface area (Å²) >= 11 is 3.33. The van der Waals surface area contributed by atoms with Gasteiger partial charge in [-0.1, -0.05) is 12.1 Å². The van der Waals surface area contributed by atoms with Gasteiger partial charge < -0.3 is 9.64 Å². The van der Waals surface area contributed by atoms with Crippen LogP contribution in [-0.2, 0) is 6.61 Å². The zero-order valence-electron chi connectivity index (χ0n) is 16.4. The van der Waals surface area contributed by atoms with Crippen LogP contribution in [0.2, 0.25) is 0 Å². The molecule has 2 aromatic carbocycles. The van der Waals surface area contributed by atoms with Crippen molar-refractivity contribution in [3.63, 3.8) is 0 Å². The molecule has 152 valence electrons. The Morgan fingerprint density at radius 2 is 1.90 bits per heavy atom. The minimum atomic E-state index is 0.0869. The molecule has 1 amide bonds. The molecule has 0 unspecified atom stereocenters. The molecule has 1 aliphatic heterocycles. The topological polar surface area (TPSA) is 55.3 Å². The molecule has 5 nitrogen and oxygen atoms in total. The minimum Gasteiger partial charge on any atom is -0.487 e. The summed E-state index contributed by atoms with van der Waals surface area (Å²) in [6.07, 6.45) is 1.92. The van der Waals surface area contributed by atoms with Crippen molar-refractivity contribution in [1.82, 2.24) is 14.9 Å². The van der Waals surface area contributed by atoms with Gasteiger partial charge in [-0.25, -0.2) is 9.97 Å². The zero-order chi connectivity index (χ0) is 20.3. The van der Waals surface area contributed by atoms with E-state index in [1.165, 1.54) is 9.71 Å². The molecular weight excluding hydrogens is 414 g/mol. The van der Waals surface area contributed by atoms with Crippen LogP contribution < -0.4 is 4.74 Å². The van der Waals surface area contributed by atoms with Crippen molar-refractivity contribution in [2.45, 2.75) is 25.4 Å². The van der Waals surface area contributed by atoms with Gasteiger partial charge >= 0.3 is 0 Å². The second kappa shape index (κ2) is 8.53. The van der Waals surface area contributed by atoms with Gasteiger partial charge in [0.15, 0.2) is 0 Å². The van der Waals surface area contributed by atoms with Crippen LogP contribution in [0.5, 0.6) is 5.75 Å². The van der Waals surface area contributed by atoms with Gasteiger partial charge in [0.1, 0.15) is 12.4 Å². The molecule has 0 N–H and O–H groups in total. The molecule has 1 fully saturated rings. The first-order valence-electron chi connectivity index (χ1n) is 10.0. The molecule has 4 aromatic rings. The van der Waals surface area contributed by atoms with Gasteiger partial charge in [0, 0.05) is 30.0 Å².